The average molecular weight is 462 g/mol. The van der Waals surface area contributed by atoms with E-state index < -0.39 is 17.1 Å². The number of hydrogen-bond donors (Lipinski definition) is 1. The third-order valence-corrected chi connectivity index (χ3v) is 7.81. The standard InChI is InChI=1S/C21H29N6O4S/c1-3-27-8-4-17(24-27)20(28)31-15-12-26(13-15)21-22-16-7-11-32(29)18(16)19(23-21)25(2)14-5-9-30-10-6-14/h4,8,14-15,29H,3,5-7,9-13H2,1-2H3/q+1. The summed E-state index contributed by atoms with van der Waals surface area (Å²) >= 11 is -0.819. The number of nitrogens with zero attached hydrogens (tertiary/aromatic N) is 6. The fraction of sp³-hybridized carbons (Fsp3) is 0.619. The summed E-state index contributed by atoms with van der Waals surface area (Å²) in [7, 11) is 2.05. The quantitative estimate of drug-likeness (QED) is 0.504. The molecule has 0 spiro atoms. The Morgan fingerprint density at radius 3 is 2.84 bits per heavy atom. The van der Waals surface area contributed by atoms with Gasteiger partial charge in [0.2, 0.25) is 5.95 Å². The van der Waals surface area contributed by atoms with Crippen LogP contribution in [-0.4, -0.2) is 81.5 Å². The molecule has 1 N–H and O–H groups in total. The minimum Gasteiger partial charge on any atom is -0.454 e. The Hall–Kier alpha value is -2.37. The Labute approximate surface area is 190 Å². The summed E-state index contributed by atoms with van der Waals surface area (Å²) < 4.78 is 23.4. The van der Waals surface area contributed by atoms with Crippen LogP contribution in [0.3, 0.4) is 0 Å². The van der Waals surface area contributed by atoms with Crippen molar-refractivity contribution in [1.82, 2.24) is 19.7 Å². The molecule has 0 aliphatic carbocycles. The van der Waals surface area contributed by atoms with Crippen LogP contribution in [-0.2, 0) is 33.6 Å². The van der Waals surface area contributed by atoms with Crippen LogP contribution in [0.5, 0.6) is 0 Å². The smallest absolute Gasteiger partial charge is 0.359 e. The van der Waals surface area contributed by atoms with Crippen molar-refractivity contribution >= 4 is 28.9 Å². The van der Waals surface area contributed by atoms with Crippen LogP contribution < -0.4 is 9.80 Å². The molecule has 2 aromatic rings. The zero-order chi connectivity index (χ0) is 22.2. The van der Waals surface area contributed by atoms with E-state index >= 15 is 0 Å². The maximum Gasteiger partial charge on any atom is 0.359 e. The predicted molar refractivity (Wildman–Crippen MR) is 120 cm³/mol. The molecule has 11 heteroatoms. The SMILES string of the molecule is CCn1ccc(C(=O)OC2CN(c3nc4c(c(N(C)C5CCOCC5)n3)[S+](O)CC4)C2)n1. The number of fused-ring (bicyclic) bond motifs is 1. The first kappa shape index (κ1) is 21.5. The van der Waals surface area contributed by atoms with Gasteiger partial charge in [-0.3, -0.25) is 4.68 Å². The van der Waals surface area contributed by atoms with Crippen LogP contribution in [0.25, 0.3) is 0 Å². The van der Waals surface area contributed by atoms with E-state index in [0.717, 1.165) is 48.9 Å². The zero-order valence-corrected chi connectivity index (χ0v) is 19.3. The Morgan fingerprint density at radius 2 is 2.12 bits per heavy atom. The molecule has 0 amide bonds. The second-order valence-electron chi connectivity index (χ2n) is 8.39. The second kappa shape index (κ2) is 8.87. The summed E-state index contributed by atoms with van der Waals surface area (Å²) in [4.78, 5) is 27.1. The van der Waals surface area contributed by atoms with Crippen molar-refractivity contribution in [2.45, 2.75) is 49.8 Å². The fourth-order valence-corrected chi connectivity index (χ4v) is 5.75. The first-order valence-corrected chi connectivity index (χ1v) is 12.5. The molecule has 0 radical (unpaired) electrons. The van der Waals surface area contributed by atoms with Gasteiger partial charge in [-0.05, 0) is 25.8 Å². The highest BCUT2D eigenvalue weighted by molar-refractivity contribution is 7.92. The average Bonchev–Trinajstić information content (AvgIpc) is 3.42. The predicted octanol–water partition coefficient (Wildman–Crippen LogP) is 1.36. The van der Waals surface area contributed by atoms with Crippen molar-refractivity contribution in [3.05, 3.63) is 23.7 Å². The number of hydrogen-bond acceptors (Lipinski definition) is 9. The Balaban J connectivity index is 1.29. The molecule has 3 aliphatic rings. The number of esters is 1. The summed E-state index contributed by atoms with van der Waals surface area (Å²) in [5, 5.41) is 4.21. The van der Waals surface area contributed by atoms with Crippen molar-refractivity contribution in [3.8, 4) is 0 Å². The van der Waals surface area contributed by atoms with Crippen molar-refractivity contribution in [3.63, 3.8) is 0 Å². The summed E-state index contributed by atoms with van der Waals surface area (Å²) in [5.41, 5.74) is 1.26. The molecule has 0 bridgehead atoms. The van der Waals surface area contributed by atoms with Crippen molar-refractivity contribution in [2.75, 3.05) is 48.9 Å². The summed E-state index contributed by atoms with van der Waals surface area (Å²) in [6.07, 6.45) is 4.20. The van der Waals surface area contributed by atoms with E-state index in [9.17, 15) is 9.35 Å². The monoisotopic (exact) mass is 461 g/mol. The van der Waals surface area contributed by atoms with Crippen molar-refractivity contribution in [1.29, 1.82) is 0 Å². The molecule has 172 valence electrons. The van der Waals surface area contributed by atoms with E-state index in [1.807, 2.05) is 18.9 Å². The van der Waals surface area contributed by atoms with Gasteiger partial charge in [0, 0.05) is 45.5 Å². The number of aryl methyl sites for hydroxylation is 2. The lowest BCUT2D eigenvalue weighted by Gasteiger charge is -2.39. The minimum absolute atomic E-state index is 0.213. The molecular weight excluding hydrogens is 432 g/mol. The maximum atomic E-state index is 12.3. The number of aromatic nitrogens is 4. The molecule has 10 nitrogen and oxygen atoms in total. The first-order chi connectivity index (χ1) is 15.5. The van der Waals surface area contributed by atoms with Crippen molar-refractivity contribution in [2.24, 2.45) is 0 Å². The van der Waals surface area contributed by atoms with E-state index in [0.29, 0.717) is 43.1 Å². The van der Waals surface area contributed by atoms with E-state index in [-0.39, 0.29) is 6.10 Å². The molecular formula is C21H29N6O4S+. The molecule has 5 heterocycles. The number of rotatable bonds is 6. The lowest BCUT2D eigenvalue weighted by Crippen LogP contribution is -2.54. The maximum absolute atomic E-state index is 12.3. The third kappa shape index (κ3) is 4.04. The van der Waals surface area contributed by atoms with Gasteiger partial charge in [-0.15, -0.1) is 0 Å². The second-order valence-corrected chi connectivity index (χ2v) is 9.93. The minimum atomic E-state index is -0.819. The van der Waals surface area contributed by atoms with E-state index in [1.54, 1.807) is 16.9 Å². The largest absolute Gasteiger partial charge is 0.454 e. The molecule has 32 heavy (non-hydrogen) atoms. The summed E-state index contributed by atoms with van der Waals surface area (Å²) in [6, 6.07) is 2.01. The van der Waals surface area contributed by atoms with Gasteiger partial charge in [0.1, 0.15) is 11.8 Å². The summed E-state index contributed by atoms with van der Waals surface area (Å²) in [6.45, 7) is 5.26. The fourth-order valence-electron chi connectivity index (χ4n) is 4.34. The van der Waals surface area contributed by atoms with E-state index in [4.69, 9.17) is 19.4 Å². The zero-order valence-electron chi connectivity index (χ0n) is 18.4. The van der Waals surface area contributed by atoms with Crippen molar-refractivity contribution < 1.29 is 18.8 Å². The van der Waals surface area contributed by atoms with E-state index in [1.165, 1.54) is 0 Å². The van der Waals surface area contributed by atoms with Gasteiger partial charge in [0.25, 0.3) is 4.90 Å². The Bertz CT molecular complexity index is 989. The number of carbonyl (C=O) groups excluding carboxylic acids is 1. The highest BCUT2D eigenvalue weighted by Crippen LogP contribution is 2.36. The molecule has 1 unspecified atom stereocenters. The normalized spacial score (nSPS) is 21.3. The molecule has 2 fully saturated rings. The molecule has 2 aromatic heterocycles. The Morgan fingerprint density at radius 1 is 1.34 bits per heavy atom. The van der Waals surface area contributed by atoms with Gasteiger partial charge < -0.3 is 19.3 Å². The van der Waals surface area contributed by atoms with Crippen LogP contribution >= 0.6 is 0 Å². The summed E-state index contributed by atoms with van der Waals surface area (Å²) in [5.74, 6) is 1.76. The highest BCUT2D eigenvalue weighted by Gasteiger charge is 2.42. The number of ether oxygens (including phenoxy) is 2. The molecule has 3 aliphatic heterocycles. The van der Waals surface area contributed by atoms with Gasteiger partial charge in [-0.1, -0.05) is 0 Å². The van der Waals surface area contributed by atoms with Crippen LogP contribution in [0.1, 0.15) is 35.9 Å². The van der Waals surface area contributed by atoms with Crippen LogP contribution in [0.15, 0.2) is 17.2 Å². The van der Waals surface area contributed by atoms with Gasteiger partial charge in [0.15, 0.2) is 28.4 Å². The van der Waals surface area contributed by atoms with Crippen LogP contribution in [0, 0.1) is 0 Å². The highest BCUT2D eigenvalue weighted by atomic mass is 32.2. The Kier molecular flexibility index (Phi) is 5.95. The molecule has 0 aromatic carbocycles. The first-order valence-electron chi connectivity index (χ1n) is 11.1. The van der Waals surface area contributed by atoms with Crippen LogP contribution in [0.2, 0.25) is 0 Å². The molecule has 2 saturated heterocycles. The molecule has 1 atom stereocenters. The topological polar surface area (TPSA) is 106 Å². The molecule has 0 saturated carbocycles. The van der Waals surface area contributed by atoms with Gasteiger partial charge in [0.05, 0.1) is 13.1 Å². The third-order valence-electron chi connectivity index (χ3n) is 6.32. The molecule has 5 rings (SSSR count). The lowest BCUT2D eigenvalue weighted by molar-refractivity contribution is 0.0223. The number of anilines is 2. The number of carbonyl (C=O) groups is 1. The van der Waals surface area contributed by atoms with Gasteiger partial charge in [-0.25, -0.2) is 9.78 Å². The van der Waals surface area contributed by atoms with E-state index in [2.05, 4.69) is 10.00 Å². The lowest BCUT2D eigenvalue weighted by atomic mass is 10.1. The van der Waals surface area contributed by atoms with Gasteiger partial charge in [-0.2, -0.15) is 14.6 Å². The van der Waals surface area contributed by atoms with Gasteiger partial charge >= 0.3 is 5.97 Å². The van der Waals surface area contributed by atoms with Crippen LogP contribution in [0.4, 0.5) is 11.8 Å².